The molecule has 6 unspecified atom stereocenters. The van der Waals surface area contributed by atoms with Crippen molar-refractivity contribution < 1.29 is 49.0 Å². The van der Waals surface area contributed by atoms with Crippen molar-refractivity contribution in [3.05, 3.63) is 24.3 Å². The lowest BCUT2D eigenvalue weighted by atomic mass is 9.99. The third kappa shape index (κ3) is 36.8. The molecule has 0 aromatic carbocycles. The van der Waals surface area contributed by atoms with Gasteiger partial charge >= 0.3 is 11.9 Å². The molecule has 382 valence electrons. The molecule has 1 fully saturated rings. The average molecular weight is 923 g/mol. The van der Waals surface area contributed by atoms with Crippen LogP contribution in [0, 0.1) is 0 Å². The van der Waals surface area contributed by atoms with Gasteiger partial charge in [0, 0.05) is 12.8 Å². The van der Waals surface area contributed by atoms with Gasteiger partial charge in [0.2, 0.25) is 0 Å². The average Bonchev–Trinajstić information content (AvgIpc) is 3.30. The monoisotopic (exact) mass is 923 g/mol. The Morgan fingerprint density at radius 2 is 0.862 bits per heavy atom. The normalized spacial score (nSPS) is 19.4. The number of aliphatic hydroxyl groups excluding tert-OH is 4. The molecular weight excluding hydrogens is 821 g/mol. The van der Waals surface area contributed by atoms with E-state index in [1.165, 1.54) is 173 Å². The van der Waals surface area contributed by atoms with E-state index in [0.717, 1.165) is 51.4 Å². The summed E-state index contributed by atoms with van der Waals surface area (Å²) < 4.78 is 22.3. The Kier molecular flexibility index (Phi) is 43.2. The third-order valence-electron chi connectivity index (χ3n) is 12.8. The first-order chi connectivity index (χ1) is 31.8. The second-order valence-corrected chi connectivity index (χ2v) is 19.0. The highest BCUT2D eigenvalue weighted by Crippen LogP contribution is 2.23. The molecule has 0 aromatic heterocycles. The summed E-state index contributed by atoms with van der Waals surface area (Å²) in [6, 6.07) is 0. The molecule has 1 heterocycles. The van der Waals surface area contributed by atoms with E-state index < -0.39 is 49.4 Å². The third-order valence-corrected chi connectivity index (χ3v) is 12.8. The number of rotatable bonds is 47. The molecule has 10 nitrogen and oxygen atoms in total. The van der Waals surface area contributed by atoms with Crippen LogP contribution in [-0.2, 0) is 28.5 Å². The number of esters is 2. The van der Waals surface area contributed by atoms with Crippen LogP contribution in [0.4, 0.5) is 0 Å². The van der Waals surface area contributed by atoms with Gasteiger partial charge in [-0.2, -0.15) is 0 Å². The van der Waals surface area contributed by atoms with Gasteiger partial charge in [-0.05, 0) is 44.9 Å². The summed E-state index contributed by atoms with van der Waals surface area (Å²) in [5, 5.41) is 40.2. The van der Waals surface area contributed by atoms with E-state index >= 15 is 0 Å². The number of hydrogen-bond acceptors (Lipinski definition) is 10. The van der Waals surface area contributed by atoms with E-state index in [9.17, 15) is 30.0 Å². The molecule has 0 spiro atoms. The number of carbonyl (C=O) groups excluding carboxylic acids is 2. The minimum atomic E-state index is -1.59. The second kappa shape index (κ2) is 45.9. The predicted octanol–water partition coefficient (Wildman–Crippen LogP) is 13.2. The summed E-state index contributed by atoms with van der Waals surface area (Å²) in [5.41, 5.74) is 0. The highest BCUT2D eigenvalue weighted by atomic mass is 16.7. The van der Waals surface area contributed by atoms with Gasteiger partial charge in [0.1, 0.15) is 31.0 Å². The van der Waals surface area contributed by atoms with Gasteiger partial charge in [0.05, 0.1) is 13.2 Å². The van der Waals surface area contributed by atoms with Crippen LogP contribution in [0.5, 0.6) is 0 Å². The maximum absolute atomic E-state index is 12.8. The maximum Gasteiger partial charge on any atom is 0.306 e. The zero-order valence-electron chi connectivity index (χ0n) is 42.0. The van der Waals surface area contributed by atoms with Gasteiger partial charge in [-0.25, -0.2) is 0 Å². The Morgan fingerprint density at radius 3 is 1.31 bits per heavy atom. The number of allylic oxidation sites excluding steroid dienone is 4. The first-order valence-electron chi connectivity index (χ1n) is 27.4. The molecule has 0 amide bonds. The van der Waals surface area contributed by atoms with Crippen molar-refractivity contribution in [2.75, 3.05) is 19.8 Å². The second-order valence-electron chi connectivity index (χ2n) is 19.0. The molecular formula is C55H102O10. The van der Waals surface area contributed by atoms with Crippen molar-refractivity contribution in [1.82, 2.24) is 0 Å². The zero-order valence-corrected chi connectivity index (χ0v) is 42.0. The molecule has 65 heavy (non-hydrogen) atoms. The molecule has 0 aliphatic carbocycles. The highest BCUT2D eigenvalue weighted by Gasteiger charge is 2.44. The van der Waals surface area contributed by atoms with Crippen LogP contribution in [0.3, 0.4) is 0 Å². The van der Waals surface area contributed by atoms with Crippen molar-refractivity contribution in [3.63, 3.8) is 0 Å². The SMILES string of the molecule is CCCCC/C=C\C/C=C\CCCCCCCCCC(=O)OC(COC(=O)CCCCCCCCCCCCCCCCCCCCCCCCC)COC1OC(CO)C(O)C(O)C1O. The molecule has 1 aliphatic heterocycles. The summed E-state index contributed by atoms with van der Waals surface area (Å²) in [6.07, 6.45) is 46.2. The largest absolute Gasteiger partial charge is 0.462 e. The molecule has 1 saturated heterocycles. The molecule has 1 aliphatic rings. The molecule has 6 atom stereocenters. The standard InChI is InChI=1S/C55H102O10/c1-3-5-7-9-11-13-15-17-19-21-22-23-24-25-26-28-29-31-33-35-37-39-41-43-50(57)62-46-48(47-63-55-54(61)53(60)52(59)49(45-56)65-55)64-51(58)44-42-40-38-36-34-32-30-27-20-18-16-14-12-10-8-6-4-2/h12,14,18,20,48-49,52-56,59-61H,3-11,13,15-17,19,21-47H2,1-2H3/b14-12-,20-18-. The Labute approximate surface area is 398 Å². The fourth-order valence-electron chi connectivity index (χ4n) is 8.52. The molecule has 10 heteroatoms. The first-order valence-corrected chi connectivity index (χ1v) is 27.4. The number of ether oxygens (including phenoxy) is 4. The van der Waals surface area contributed by atoms with Gasteiger partial charge in [-0.15, -0.1) is 0 Å². The van der Waals surface area contributed by atoms with Crippen LogP contribution in [0.25, 0.3) is 0 Å². The van der Waals surface area contributed by atoms with Crippen LogP contribution in [0.1, 0.15) is 258 Å². The molecule has 0 bridgehead atoms. The topological polar surface area (TPSA) is 152 Å². The Morgan fingerprint density at radius 1 is 0.477 bits per heavy atom. The summed E-state index contributed by atoms with van der Waals surface area (Å²) in [4.78, 5) is 25.5. The maximum atomic E-state index is 12.8. The van der Waals surface area contributed by atoms with Gasteiger partial charge in [-0.3, -0.25) is 9.59 Å². The summed E-state index contributed by atoms with van der Waals surface area (Å²) in [6.45, 7) is 3.44. The Hall–Kier alpha value is -1.82. The molecule has 0 saturated carbocycles. The van der Waals surface area contributed by atoms with Crippen molar-refractivity contribution in [2.45, 2.75) is 295 Å². The minimum Gasteiger partial charge on any atom is -0.462 e. The van der Waals surface area contributed by atoms with E-state index in [0.29, 0.717) is 6.42 Å². The van der Waals surface area contributed by atoms with Crippen LogP contribution in [0.15, 0.2) is 24.3 Å². The molecule has 0 aromatic rings. The predicted molar refractivity (Wildman–Crippen MR) is 266 cm³/mol. The van der Waals surface area contributed by atoms with E-state index in [1.807, 2.05) is 0 Å². The van der Waals surface area contributed by atoms with E-state index in [-0.39, 0.29) is 32.0 Å². The van der Waals surface area contributed by atoms with Gasteiger partial charge < -0.3 is 39.4 Å². The molecule has 1 rings (SSSR count). The Balaban J connectivity index is 2.21. The number of hydrogen-bond donors (Lipinski definition) is 4. The van der Waals surface area contributed by atoms with Crippen LogP contribution < -0.4 is 0 Å². The smallest absolute Gasteiger partial charge is 0.306 e. The van der Waals surface area contributed by atoms with Crippen LogP contribution >= 0.6 is 0 Å². The number of aliphatic hydroxyl groups is 4. The zero-order chi connectivity index (χ0) is 47.3. The summed E-state index contributed by atoms with van der Waals surface area (Å²) in [7, 11) is 0. The fraction of sp³-hybridized carbons (Fsp3) is 0.891. The highest BCUT2D eigenvalue weighted by molar-refractivity contribution is 5.70. The lowest BCUT2D eigenvalue weighted by molar-refractivity contribution is -0.305. The van der Waals surface area contributed by atoms with Gasteiger partial charge in [-0.1, -0.05) is 224 Å². The fourth-order valence-corrected chi connectivity index (χ4v) is 8.52. The lowest BCUT2D eigenvalue weighted by Crippen LogP contribution is -2.59. The van der Waals surface area contributed by atoms with Crippen molar-refractivity contribution >= 4 is 11.9 Å². The van der Waals surface area contributed by atoms with Gasteiger partial charge in [0.15, 0.2) is 12.4 Å². The van der Waals surface area contributed by atoms with Crippen molar-refractivity contribution in [3.8, 4) is 0 Å². The summed E-state index contributed by atoms with van der Waals surface area (Å²) in [5.74, 6) is -0.801. The lowest BCUT2D eigenvalue weighted by Gasteiger charge is -2.39. The van der Waals surface area contributed by atoms with Crippen LogP contribution in [0.2, 0.25) is 0 Å². The van der Waals surface area contributed by atoms with Crippen LogP contribution in [-0.4, -0.2) is 89.0 Å². The van der Waals surface area contributed by atoms with E-state index in [1.54, 1.807) is 0 Å². The van der Waals surface area contributed by atoms with E-state index in [2.05, 4.69) is 38.2 Å². The quantitative estimate of drug-likeness (QED) is 0.0264. The number of carbonyl (C=O) groups is 2. The van der Waals surface area contributed by atoms with Crippen molar-refractivity contribution in [2.24, 2.45) is 0 Å². The van der Waals surface area contributed by atoms with E-state index in [4.69, 9.17) is 18.9 Å². The van der Waals surface area contributed by atoms with Crippen molar-refractivity contribution in [1.29, 1.82) is 0 Å². The summed E-state index contributed by atoms with van der Waals surface area (Å²) >= 11 is 0. The molecule has 0 radical (unpaired) electrons. The minimum absolute atomic E-state index is 0.216. The number of unbranched alkanes of at least 4 members (excludes halogenated alkanes) is 32. The first kappa shape index (κ1) is 61.2. The van der Waals surface area contributed by atoms with Gasteiger partial charge in [0.25, 0.3) is 0 Å². The molecule has 4 N–H and O–H groups in total. The Bertz CT molecular complexity index is 1110.